The first-order valence-electron chi connectivity index (χ1n) is 8.24. The molecule has 0 unspecified atom stereocenters. The highest BCUT2D eigenvalue weighted by atomic mass is 16.6. The van der Waals surface area contributed by atoms with Gasteiger partial charge in [-0.25, -0.2) is 4.79 Å². The van der Waals surface area contributed by atoms with Crippen LogP contribution in [0.2, 0.25) is 0 Å². The third-order valence-electron chi connectivity index (χ3n) is 3.88. The van der Waals surface area contributed by atoms with E-state index in [1.54, 1.807) is 0 Å². The highest BCUT2D eigenvalue weighted by Gasteiger charge is 2.25. The van der Waals surface area contributed by atoms with Gasteiger partial charge in [-0.05, 0) is 46.6 Å². The van der Waals surface area contributed by atoms with Crippen LogP contribution in [0, 0.1) is 6.92 Å². The number of nitrogens with one attached hydrogen (secondary N) is 1. The summed E-state index contributed by atoms with van der Waals surface area (Å²) in [4.78, 5) is 18.0. The number of aromatic nitrogens is 1. The third-order valence-corrected chi connectivity index (χ3v) is 3.88. The minimum Gasteiger partial charge on any atom is -0.504 e. The maximum absolute atomic E-state index is 11.8. The lowest BCUT2D eigenvalue weighted by molar-refractivity contribution is 0.0497. The van der Waals surface area contributed by atoms with Gasteiger partial charge in [-0.15, -0.1) is 0 Å². The minimum atomic E-state index is -0.508. The van der Waals surface area contributed by atoms with Crippen molar-refractivity contribution in [3.63, 3.8) is 0 Å². The molecule has 1 saturated heterocycles. The largest absolute Gasteiger partial charge is 0.504 e. The summed E-state index contributed by atoms with van der Waals surface area (Å²) in [5.41, 5.74) is 1.22. The minimum absolute atomic E-state index is 0.0293. The predicted molar refractivity (Wildman–Crippen MR) is 91.2 cm³/mol. The van der Waals surface area contributed by atoms with E-state index in [-0.39, 0.29) is 18.4 Å². The fourth-order valence-corrected chi connectivity index (χ4v) is 2.80. The fraction of sp³-hybridized carbons (Fsp3) is 0.647. The SMILES string of the molecule is Cc1cc(N2CCC(NC(=O)OC(C)(C)C)CC2)c(O)c(CO)n1. The van der Waals surface area contributed by atoms with E-state index in [0.29, 0.717) is 24.5 Å². The summed E-state index contributed by atoms with van der Waals surface area (Å²) in [5.74, 6) is 0.0293. The first-order valence-corrected chi connectivity index (χ1v) is 8.24. The molecule has 0 radical (unpaired) electrons. The Balaban J connectivity index is 1.96. The van der Waals surface area contributed by atoms with E-state index in [1.807, 2.05) is 33.8 Å². The standard InChI is InChI=1S/C17H27N3O4/c1-11-9-14(15(22)13(10-21)18-11)20-7-5-12(6-8-20)19-16(23)24-17(2,3)4/h9,12,21-22H,5-8,10H2,1-4H3,(H,19,23). The molecule has 2 heterocycles. The molecule has 0 atom stereocenters. The number of amides is 1. The Kier molecular flexibility index (Phi) is 5.54. The number of aliphatic hydroxyl groups is 1. The van der Waals surface area contributed by atoms with Gasteiger partial charge in [0.05, 0.1) is 12.3 Å². The number of ether oxygens (including phenoxy) is 1. The van der Waals surface area contributed by atoms with Gasteiger partial charge in [0.1, 0.15) is 11.3 Å². The van der Waals surface area contributed by atoms with Crippen molar-refractivity contribution in [3.8, 4) is 5.75 Å². The summed E-state index contributed by atoms with van der Waals surface area (Å²) >= 11 is 0. The number of rotatable bonds is 3. The van der Waals surface area contributed by atoms with E-state index in [4.69, 9.17) is 4.74 Å². The summed E-state index contributed by atoms with van der Waals surface area (Å²) < 4.78 is 5.28. The van der Waals surface area contributed by atoms with Crippen LogP contribution in [0.3, 0.4) is 0 Å². The van der Waals surface area contributed by atoms with Gasteiger partial charge >= 0.3 is 6.09 Å². The molecule has 0 aromatic carbocycles. The van der Waals surface area contributed by atoms with Crippen molar-refractivity contribution in [1.29, 1.82) is 0 Å². The van der Waals surface area contributed by atoms with Gasteiger partial charge in [-0.1, -0.05) is 0 Å². The van der Waals surface area contributed by atoms with Crippen LogP contribution in [-0.4, -0.2) is 46.0 Å². The molecule has 24 heavy (non-hydrogen) atoms. The first kappa shape index (κ1) is 18.3. The van der Waals surface area contributed by atoms with Gasteiger partial charge in [0.15, 0.2) is 5.75 Å². The number of anilines is 1. The number of hydrogen-bond acceptors (Lipinski definition) is 6. The number of carbonyl (C=O) groups is 1. The number of aromatic hydroxyl groups is 1. The number of aryl methyl sites for hydroxylation is 1. The molecule has 1 amide bonds. The molecule has 0 saturated carbocycles. The lowest BCUT2D eigenvalue weighted by Gasteiger charge is -2.34. The van der Waals surface area contributed by atoms with Gasteiger partial charge in [0.25, 0.3) is 0 Å². The van der Waals surface area contributed by atoms with Crippen molar-refractivity contribution in [2.45, 2.75) is 58.8 Å². The van der Waals surface area contributed by atoms with Crippen molar-refractivity contribution in [1.82, 2.24) is 10.3 Å². The maximum Gasteiger partial charge on any atom is 0.407 e. The van der Waals surface area contributed by atoms with Crippen molar-refractivity contribution in [2.24, 2.45) is 0 Å². The Morgan fingerprint density at radius 1 is 1.42 bits per heavy atom. The summed E-state index contributed by atoms with van der Waals surface area (Å²) in [6.07, 6.45) is 1.12. The highest BCUT2D eigenvalue weighted by Crippen LogP contribution is 2.32. The van der Waals surface area contributed by atoms with Gasteiger partial charge in [-0.3, -0.25) is 4.98 Å². The zero-order chi connectivity index (χ0) is 17.9. The second-order valence-corrected chi connectivity index (χ2v) is 7.14. The summed E-state index contributed by atoms with van der Waals surface area (Å²) in [5, 5.41) is 22.4. The molecule has 0 bridgehead atoms. The highest BCUT2D eigenvalue weighted by molar-refractivity contribution is 5.68. The Morgan fingerprint density at radius 3 is 2.58 bits per heavy atom. The number of pyridine rings is 1. The lowest BCUT2D eigenvalue weighted by atomic mass is 10.0. The van der Waals surface area contributed by atoms with Gasteiger partial charge in [0.2, 0.25) is 0 Å². The van der Waals surface area contributed by atoms with Crippen molar-refractivity contribution in [2.75, 3.05) is 18.0 Å². The summed E-state index contributed by atoms with van der Waals surface area (Å²) in [6, 6.07) is 1.87. The fourth-order valence-electron chi connectivity index (χ4n) is 2.80. The molecule has 1 aromatic rings. The van der Waals surface area contributed by atoms with Crippen LogP contribution >= 0.6 is 0 Å². The van der Waals surface area contributed by atoms with E-state index in [0.717, 1.165) is 18.5 Å². The molecule has 7 heteroatoms. The van der Waals surface area contributed by atoms with E-state index in [2.05, 4.69) is 15.2 Å². The molecule has 0 aliphatic carbocycles. The molecule has 1 aliphatic rings. The zero-order valence-corrected chi connectivity index (χ0v) is 14.8. The molecule has 134 valence electrons. The molecule has 2 rings (SSSR count). The Labute approximate surface area is 142 Å². The Hall–Kier alpha value is -2.02. The third kappa shape index (κ3) is 4.74. The molecular weight excluding hydrogens is 310 g/mol. The molecule has 1 aliphatic heterocycles. The number of nitrogens with zero attached hydrogens (tertiary/aromatic N) is 2. The predicted octanol–water partition coefficient (Wildman–Crippen LogP) is 2.08. The average Bonchev–Trinajstić information content (AvgIpc) is 2.48. The number of hydrogen-bond donors (Lipinski definition) is 3. The zero-order valence-electron chi connectivity index (χ0n) is 14.8. The summed E-state index contributed by atoms with van der Waals surface area (Å²) in [7, 11) is 0. The van der Waals surface area contributed by atoms with E-state index >= 15 is 0 Å². The summed E-state index contributed by atoms with van der Waals surface area (Å²) in [6.45, 7) is 8.44. The molecule has 7 nitrogen and oxygen atoms in total. The maximum atomic E-state index is 11.8. The van der Waals surface area contributed by atoms with Crippen LogP contribution in [0.5, 0.6) is 5.75 Å². The molecule has 1 aromatic heterocycles. The number of piperidine rings is 1. The molecule has 1 fully saturated rings. The molecule has 0 spiro atoms. The van der Waals surface area contributed by atoms with Gasteiger partial charge < -0.3 is 25.2 Å². The Bertz CT molecular complexity index is 590. The second kappa shape index (κ2) is 7.25. The van der Waals surface area contributed by atoms with Crippen LogP contribution in [0.4, 0.5) is 10.5 Å². The topological polar surface area (TPSA) is 94.9 Å². The van der Waals surface area contributed by atoms with Crippen LogP contribution < -0.4 is 10.2 Å². The van der Waals surface area contributed by atoms with Gasteiger partial charge in [-0.2, -0.15) is 0 Å². The Morgan fingerprint density at radius 2 is 2.04 bits per heavy atom. The van der Waals surface area contributed by atoms with E-state index in [9.17, 15) is 15.0 Å². The number of alkyl carbamates (subject to hydrolysis) is 1. The van der Waals surface area contributed by atoms with Crippen LogP contribution in [0.25, 0.3) is 0 Å². The van der Waals surface area contributed by atoms with Crippen molar-refractivity contribution < 1.29 is 19.7 Å². The molecular formula is C17H27N3O4. The average molecular weight is 337 g/mol. The van der Waals surface area contributed by atoms with Crippen molar-refractivity contribution in [3.05, 3.63) is 17.5 Å². The van der Waals surface area contributed by atoms with E-state index in [1.165, 1.54) is 0 Å². The normalized spacial score (nSPS) is 16.1. The van der Waals surface area contributed by atoms with Crippen LogP contribution in [0.15, 0.2) is 6.07 Å². The van der Waals surface area contributed by atoms with Gasteiger partial charge in [0, 0.05) is 24.8 Å². The second-order valence-electron chi connectivity index (χ2n) is 7.14. The molecule has 3 N–H and O–H groups in total. The monoisotopic (exact) mass is 337 g/mol. The number of carbonyl (C=O) groups excluding carboxylic acids is 1. The van der Waals surface area contributed by atoms with Crippen LogP contribution in [0.1, 0.15) is 45.0 Å². The smallest absolute Gasteiger partial charge is 0.407 e. The quantitative estimate of drug-likeness (QED) is 0.782. The van der Waals surface area contributed by atoms with E-state index < -0.39 is 11.7 Å². The number of aliphatic hydroxyl groups excluding tert-OH is 1. The van der Waals surface area contributed by atoms with Crippen LogP contribution in [-0.2, 0) is 11.3 Å². The first-order chi connectivity index (χ1) is 11.2. The lowest BCUT2D eigenvalue weighted by Crippen LogP contribution is -2.46. The van der Waals surface area contributed by atoms with Crippen molar-refractivity contribution >= 4 is 11.8 Å².